The molecule has 12 rings (SSSR count). The summed E-state index contributed by atoms with van der Waals surface area (Å²) >= 11 is 4.72. The monoisotopic (exact) mass is 449 g/mol. The van der Waals surface area contributed by atoms with Crippen molar-refractivity contribution in [2.24, 2.45) is 0 Å². The second kappa shape index (κ2) is 1.25. The number of hydrogen-bond donors (Lipinski definition) is 0. The standard InChI is InChI=1S/C17H14BrP.C5H5.Fe/c18-19(17-13-7-8-14-17,15-9-3-1-4-10-15)16-11-5-2-6-12-16;1-2-4-5-3-1;/h1-14H;1-5H;. The van der Waals surface area contributed by atoms with E-state index in [0.717, 1.165) is 4.05 Å². The fraction of sp³-hybridized carbons (Fsp3) is 0.455. The van der Waals surface area contributed by atoms with Crippen LogP contribution < -0.4 is 10.6 Å². The minimum atomic E-state index is -3.17. The predicted octanol–water partition coefficient (Wildman–Crippen LogP) is 6.26. The van der Waals surface area contributed by atoms with Gasteiger partial charge < -0.3 is 0 Å². The average molecular weight is 450 g/mol. The van der Waals surface area contributed by atoms with E-state index in [1.807, 2.05) is 0 Å². The van der Waals surface area contributed by atoms with Gasteiger partial charge in [0.1, 0.15) is 0 Å². The van der Waals surface area contributed by atoms with Gasteiger partial charge in [0, 0.05) is 0 Å². The van der Waals surface area contributed by atoms with Crippen LogP contribution in [0.3, 0.4) is 0 Å². The molecular formula is C22H19BrFeP. The number of benzene rings is 2. The first-order valence-electron chi connectivity index (χ1n) is 9.92. The summed E-state index contributed by atoms with van der Waals surface area (Å²) in [4.78, 5) is 12.5. The molecule has 0 bridgehead atoms. The number of fused-ring (bicyclic) bond motifs is 10. The molecule has 0 nitrogen and oxygen atoms in total. The summed E-state index contributed by atoms with van der Waals surface area (Å²) in [6.07, 6.45) is 0. The molecule has 0 saturated carbocycles. The molecule has 1 spiro atoms. The molecular weight excluding hydrogens is 431 g/mol. The molecule has 10 aliphatic rings. The first kappa shape index (κ1) is 11.0. The van der Waals surface area contributed by atoms with Gasteiger partial charge >= 0.3 is 147 Å². The zero-order chi connectivity index (χ0) is 15.7. The molecule has 127 valence electrons. The van der Waals surface area contributed by atoms with Crippen molar-refractivity contribution in [2.45, 2.75) is 47.4 Å². The molecule has 2 aromatic carbocycles. The van der Waals surface area contributed by atoms with Crippen LogP contribution in [0.25, 0.3) is 0 Å². The molecule has 4 atom stereocenters. The van der Waals surface area contributed by atoms with E-state index in [0.29, 0.717) is 0 Å². The van der Waals surface area contributed by atoms with Crippen LogP contribution >= 0.6 is 21.5 Å². The molecule has 3 heteroatoms. The van der Waals surface area contributed by atoms with Gasteiger partial charge in [-0.05, 0) is 0 Å². The maximum absolute atomic E-state index is 4.72. The summed E-state index contributed by atoms with van der Waals surface area (Å²) in [5.41, 5.74) is 0. The van der Waals surface area contributed by atoms with Crippen LogP contribution in [0, 0.1) is 0 Å². The number of rotatable bonds is 3. The van der Waals surface area contributed by atoms with Gasteiger partial charge in [-0.3, -0.25) is 0 Å². The van der Waals surface area contributed by atoms with Gasteiger partial charge in [-0.2, -0.15) is 0 Å². The summed E-state index contributed by atoms with van der Waals surface area (Å²) < 4.78 is 0.884. The Hall–Kier alpha value is -0.131. The Morgan fingerprint density at radius 3 is 1.32 bits per heavy atom. The number of halogens is 1. The van der Waals surface area contributed by atoms with Gasteiger partial charge in [0.15, 0.2) is 0 Å². The Morgan fingerprint density at radius 1 is 0.640 bits per heavy atom. The Bertz CT molecular complexity index is 1370. The van der Waals surface area contributed by atoms with E-state index >= 15 is 0 Å². The van der Waals surface area contributed by atoms with Crippen LogP contribution in [-0.4, -0.2) is 4.05 Å². The Balaban J connectivity index is 1.34. The summed E-state index contributed by atoms with van der Waals surface area (Å²) in [6, 6.07) is 23.6. The third-order valence-corrected chi connectivity index (χ3v) is 72.8. The fourth-order valence-electron chi connectivity index (χ4n) is 18.7. The normalized spacial score (nSPS) is 85.2. The third-order valence-electron chi connectivity index (χ3n) is 17.3. The summed E-state index contributed by atoms with van der Waals surface area (Å²) in [6.45, 7) is -3.17. The second-order valence-corrected chi connectivity index (χ2v) is 43.0. The van der Waals surface area contributed by atoms with Gasteiger partial charge in [0.05, 0.1) is 0 Å². The summed E-state index contributed by atoms with van der Waals surface area (Å²) in [5, 5.41) is 3.38. The van der Waals surface area contributed by atoms with E-state index in [4.69, 9.17) is 15.5 Å². The van der Waals surface area contributed by atoms with Gasteiger partial charge in [-0.15, -0.1) is 0 Å². The maximum atomic E-state index is 4.72. The van der Waals surface area contributed by atoms with E-state index in [9.17, 15) is 0 Å². The Morgan fingerprint density at radius 2 is 1.04 bits per heavy atom. The fourth-order valence-corrected chi connectivity index (χ4v) is 122. The van der Waals surface area contributed by atoms with Crippen molar-refractivity contribution < 1.29 is 6.51 Å². The molecule has 10 heterocycles. The van der Waals surface area contributed by atoms with Crippen molar-refractivity contribution in [2.75, 3.05) is 0 Å². The summed E-state index contributed by atoms with van der Waals surface area (Å²) in [5.74, 6) is -1.44. The molecule has 10 aliphatic heterocycles. The molecule has 0 aliphatic carbocycles. The Kier molecular flexibility index (Phi) is 0.551. The van der Waals surface area contributed by atoms with Crippen molar-refractivity contribution in [1.82, 2.24) is 0 Å². The van der Waals surface area contributed by atoms with Crippen molar-refractivity contribution >= 4 is 32.1 Å². The zero-order valence-corrected chi connectivity index (χ0v) is 17.2. The first-order chi connectivity index (χ1) is 12.0. The topological polar surface area (TPSA) is 0 Å². The molecule has 1 radical (unpaired) electrons. The Labute approximate surface area is 146 Å². The SMILES string of the molecule is Br[P](c1ccccc1)(c1ccccc1)[C]12[CH]3[CH]4[CH]5[CH]1[Fe]45321678[CH]2[CH]1[CH]6[CH]7[CH]28. The molecule has 10 fully saturated rings. The third kappa shape index (κ3) is 0.183. The van der Waals surface area contributed by atoms with E-state index in [2.05, 4.69) is 60.7 Å². The molecule has 25 heavy (non-hydrogen) atoms. The van der Waals surface area contributed by atoms with Gasteiger partial charge in [0.2, 0.25) is 0 Å². The molecule has 10 saturated heterocycles. The van der Waals surface area contributed by atoms with Crippen LogP contribution in [0.5, 0.6) is 0 Å². The van der Waals surface area contributed by atoms with E-state index in [-0.39, 0.29) is 0 Å². The quantitative estimate of drug-likeness (QED) is 0.383. The molecule has 4 unspecified atom stereocenters. The van der Waals surface area contributed by atoms with Gasteiger partial charge in [-0.1, -0.05) is 0 Å². The average Bonchev–Trinajstić information content (AvgIpc) is 3.62. The second-order valence-electron chi connectivity index (χ2n) is 12.9. The number of hydrogen-bond acceptors (Lipinski definition) is 0. The molecule has 0 aromatic heterocycles. The van der Waals surface area contributed by atoms with Crippen LogP contribution in [0.1, 0.15) is 0 Å². The minimum absolute atomic E-state index is 0.884. The molecule has 0 amide bonds. The van der Waals surface area contributed by atoms with Crippen LogP contribution in [0.15, 0.2) is 60.7 Å². The van der Waals surface area contributed by atoms with E-state index in [1.54, 1.807) is 10.6 Å². The van der Waals surface area contributed by atoms with Crippen molar-refractivity contribution in [3.8, 4) is 0 Å². The first-order valence-corrected chi connectivity index (χ1v) is 20.0. The van der Waals surface area contributed by atoms with Crippen molar-refractivity contribution in [1.29, 1.82) is 0 Å². The zero-order valence-electron chi connectivity index (χ0n) is 13.6. The molecule has 0 N–H and O–H groups in total. The van der Waals surface area contributed by atoms with Crippen molar-refractivity contribution in [3.05, 3.63) is 60.7 Å². The summed E-state index contributed by atoms with van der Waals surface area (Å²) in [7, 11) is 0. The van der Waals surface area contributed by atoms with Crippen LogP contribution in [-0.2, 0) is 6.51 Å². The predicted molar refractivity (Wildman–Crippen MR) is 104 cm³/mol. The van der Waals surface area contributed by atoms with E-state index in [1.165, 1.54) is 43.3 Å². The molecule has 2 aromatic rings. The van der Waals surface area contributed by atoms with Crippen molar-refractivity contribution in [3.63, 3.8) is 0 Å². The van der Waals surface area contributed by atoms with Gasteiger partial charge in [0.25, 0.3) is 0 Å². The van der Waals surface area contributed by atoms with Gasteiger partial charge in [-0.25, -0.2) is 0 Å². The van der Waals surface area contributed by atoms with E-state index < -0.39 is 12.5 Å². The van der Waals surface area contributed by atoms with Crippen LogP contribution in [0.4, 0.5) is 0 Å². The van der Waals surface area contributed by atoms with Crippen LogP contribution in [0.2, 0.25) is 43.3 Å².